The van der Waals surface area contributed by atoms with E-state index in [-0.39, 0.29) is 12.5 Å². The molecular weight excluding hydrogens is 261 g/mol. The van der Waals surface area contributed by atoms with Crippen molar-refractivity contribution in [3.8, 4) is 0 Å². The predicted octanol–water partition coefficient (Wildman–Crippen LogP) is 1.71. The summed E-state index contributed by atoms with van der Waals surface area (Å²) in [5, 5.41) is 12.2. The Kier molecular flexibility index (Phi) is 5.20. The van der Waals surface area contributed by atoms with Crippen LogP contribution < -0.4 is 5.32 Å². The number of alkyl halides is 3. The van der Waals surface area contributed by atoms with Gasteiger partial charge in [-0.15, -0.1) is 0 Å². The van der Waals surface area contributed by atoms with E-state index in [1.165, 1.54) is 11.9 Å². The van der Waals surface area contributed by atoms with Gasteiger partial charge in [-0.1, -0.05) is 6.42 Å². The molecule has 1 rings (SSSR count). The van der Waals surface area contributed by atoms with Gasteiger partial charge in [0, 0.05) is 0 Å². The summed E-state index contributed by atoms with van der Waals surface area (Å²) in [7, 11) is 3.01. The highest BCUT2D eigenvalue weighted by Gasteiger charge is 2.47. The Morgan fingerprint density at radius 3 is 2.63 bits per heavy atom. The number of carboxylic acid groups (broad SMARTS) is 1. The van der Waals surface area contributed by atoms with Crippen LogP contribution in [-0.2, 0) is 4.79 Å². The zero-order chi connectivity index (χ0) is 14.7. The Morgan fingerprint density at radius 1 is 1.53 bits per heavy atom. The van der Waals surface area contributed by atoms with Gasteiger partial charge in [-0.25, -0.2) is 0 Å². The van der Waals surface area contributed by atoms with E-state index in [4.69, 9.17) is 0 Å². The Labute approximate surface area is 111 Å². The first-order valence-corrected chi connectivity index (χ1v) is 6.39. The molecule has 2 N–H and O–H groups in total. The van der Waals surface area contributed by atoms with Crippen molar-refractivity contribution < 1.29 is 23.1 Å². The summed E-state index contributed by atoms with van der Waals surface area (Å²) in [4.78, 5) is 12.6. The fraction of sp³-hybridized carbons (Fsp3) is 0.917. The van der Waals surface area contributed by atoms with Crippen LogP contribution in [0.3, 0.4) is 0 Å². The summed E-state index contributed by atoms with van der Waals surface area (Å²) in [6.45, 7) is -0.708. The van der Waals surface area contributed by atoms with Crippen molar-refractivity contribution in [2.24, 2.45) is 5.92 Å². The molecule has 1 saturated carbocycles. The molecule has 0 aromatic carbocycles. The number of likely N-dealkylation sites (N-methyl/N-ethyl adjacent to an activating group) is 1. The largest absolute Gasteiger partial charge is 0.480 e. The van der Waals surface area contributed by atoms with E-state index in [0.717, 1.165) is 12.8 Å². The normalized spacial score (nSPS) is 28.0. The van der Waals surface area contributed by atoms with Crippen LogP contribution in [0.1, 0.15) is 25.7 Å². The van der Waals surface area contributed by atoms with Crippen molar-refractivity contribution in [2.45, 2.75) is 37.4 Å². The topological polar surface area (TPSA) is 52.6 Å². The molecule has 19 heavy (non-hydrogen) atoms. The molecule has 0 heterocycles. The zero-order valence-electron chi connectivity index (χ0n) is 11.3. The molecule has 1 aliphatic carbocycles. The number of nitrogens with one attached hydrogen (secondary N) is 1. The Bertz CT molecular complexity index is 323. The van der Waals surface area contributed by atoms with E-state index in [1.54, 1.807) is 7.05 Å². The summed E-state index contributed by atoms with van der Waals surface area (Å²) < 4.78 is 36.6. The lowest BCUT2D eigenvalue weighted by atomic mass is 9.84. The van der Waals surface area contributed by atoms with Crippen LogP contribution in [0, 0.1) is 5.92 Å². The number of carboxylic acids is 1. The number of halogens is 3. The third-order valence-corrected chi connectivity index (χ3v) is 3.96. The molecule has 2 unspecified atom stereocenters. The van der Waals surface area contributed by atoms with Crippen LogP contribution in [-0.4, -0.2) is 54.9 Å². The SMILES string of the molecule is CNC1(C(=O)O)CCCC1CCN(C)CC(F)(F)F. The highest BCUT2D eigenvalue weighted by atomic mass is 19.4. The molecule has 0 aliphatic heterocycles. The minimum atomic E-state index is -4.21. The van der Waals surface area contributed by atoms with Crippen LogP contribution >= 0.6 is 0 Å². The maximum absolute atomic E-state index is 12.2. The van der Waals surface area contributed by atoms with Gasteiger partial charge >= 0.3 is 12.1 Å². The molecule has 7 heteroatoms. The van der Waals surface area contributed by atoms with E-state index in [9.17, 15) is 23.1 Å². The van der Waals surface area contributed by atoms with E-state index in [1.807, 2.05) is 0 Å². The second-order valence-electron chi connectivity index (χ2n) is 5.26. The number of rotatable bonds is 6. The van der Waals surface area contributed by atoms with Gasteiger partial charge in [-0.2, -0.15) is 13.2 Å². The molecule has 2 atom stereocenters. The minimum Gasteiger partial charge on any atom is -0.480 e. The first-order valence-electron chi connectivity index (χ1n) is 6.39. The van der Waals surface area contributed by atoms with E-state index in [2.05, 4.69) is 5.32 Å². The van der Waals surface area contributed by atoms with Crippen LogP contribution in [0.5, 0.6) is 0 Å². The van der Waals surface area contributed by atoms with Crippen LogP contribution in [0.25, 0.3) is 0 Å². The molecular formula is C12H21F3N2O2. The Balaban J connectivity index is 2.54. The zero-order valence-corrected chi connectivity index (χ0v) is 11.3. The fourth-order valence-electron chi connectivity index (χ4n) is 2.95. The van der Waals surface area contributed by atoms with Gasteiger partial charge in [0.2, 0.25) is 0 Å². The van der Waals surface area contributed by atoms with Gasteiger partial charge in [-0.3, -0.25) is 9.69 Å². The molecule has 1 aliphatic rings. The van der Waals surface area contributed by atoms with Crippen LogP contribution in [0.2, 0.25) is 0 Å². The third kappa shape index (κ3) is 4.07. The maximum Gasteiger partial charge on any atom is 0.401 e. The molecule has 1 fully saturated rings. The van der Waals surface area contributed by atoms with Crippen molar-refractivity contribution in [2.75, 3.05) is 27.2 Å². The van der Waals surface area contributed by atoms with Gasteiger partial charge < -0.3 is 10.4 Å². The standard InChI is InChI=1S/C12H21F3N2O2/c1-16-11(10(18)19)6-3-4-9(11)5-7-17(2)8-12(13,14)15/h9,16H,3-8H2,1-2H3,(H,18,19). The highest BCUT2D eigenvalue weighted by Crippen LogP contribution is 2.38. The van der Waals surface area contributed by atoms with Gasteiger partial charge in [0.05, 0.1) is 6.54 Å². The predicted molar refractivity (Wildman–Crippen MR) is 64.9 cm³/mol. The first-order chi connectivity index (χ1) is 8.71. The smallest absolute Gasteiger partial charge is 0.401 e. The quantitative estimate of drug-likeness (QED) is 0.779. The maximum atomic E-state index is 12.2. The minimum absolute atomic E-state index is 0.120. The molecule has 112 valence electrons. The number of nitrogens with zero attached hydrogens (tertiary/aromatic N) is 1. The lowest BCUT2D eigenvalue weighted by molar-refractivity contribution is -0.148. The van der Waals surface area contributed by atoms with Crippen molar-refractivity contribution in [3.05, 3.63) is 0 Å². The number of carbonyl (C=O) groups is 1. The van der Waals surface area contributed by atoms with Crippen molar-refractivity contribution >= 4 is 5.97 Å². The van der Waals surface area contributed by atoms with E-state index < -0.39 is 24.2 Å². The van der Waals surface area contributed by atoms with E-state index >= 15 is 0 Å². The third-order valence-electron chi connectivity index (χ3n) is 3.96. The molecule has 0 radical (unpaired) electrons. The summed E-state index contributed by atoms with van der Waals surface area (Å²) in [6.07, 6.45) is -1.68. The van der Waals surface area contributed by atoms with Crippen molar-refractivity contribution in [3.63, 3.8) is 0 Å². The molecule has 0 bridgehead atoms. The molecule has 0 amide bonds. The average Bonchev–Trinajstić information content (AvgIpc) is 2.67. The summed E-state index contributed by atoms with van der Waals surface area (Å²) in [6, 6.07) is 0. The Hall–Kier alpha value is -0.820. The van der Waals surface area contributed by atoms with Gasteiger partial charge in [0.15, 0.2) is 0 Å². The molecule has 0 saturated heterocycles. The molecule has 0 spiro atoms. The van der Waals surface area contributed by atoms with Crippen molar-refractivity contribution in [1.29, 1.82) is 0 Å². The average molecular weight is 282 g/mol. The molecule has 4 nitrogen and oxygen atoms in total. The Morgan fingerprint density at radius 2 is 2.16 bits per heavy atom. The monoisotopic (exact) mass is 282 g/mol. The first kappa shape index (κ1) is 16.2. The second kappa shape index (κ2) is 6.09. The lowest BCUT2D eigenvalue weighted by Crippen LogP contribution is -2.53. The lowest BCUT2D eigenvalue weighted by Gasteiger charge is -2.32. The number of hydrogen-bond donors (Lipinski definition) is 2. The molecule has 0 aromatic heterocycles. The summed E-state index contributed by atoms with van der Waals surface area (Å²) in [5.41, 5.74) is -0.973. The van der Waals surface area contributed by atoms with Gasteiger partial charge in [0.1, 0.15) is 5.54 Å². The van der Waals surface area contributed by atoms with Crippen molar-refractivity contribution in [1.82, 2.24) is 10.2 Å². The van der Waals surface area contributed by atoms with Gasteiger partial charge in [-0.05, 0) is 45.8 Å². The fourth-order valence-corrected chi connectivity index (χ4v) is 2.95. The van der Waals surface area contributed by atoms with E-state index in [0.29, 0.717) is 12.8 Å². The van der Waals surface area contributed by atoms with Gasteiger partial charge in [0.25, 0.3) is 0 Å². The summed E-state index contributed by atoms with van der Waals surface area (Å²) >= 11 is 0. The number of aliphatic carboxylic acids is 1. The second-order valence-corrected chi connectivity index (χ2v) is 5.26. The highest BCUT2D eigenvalue weighted by molar-refractivity contribution is 5.79. The summed E-state index contributed by atoms with van der Waals surface area (Å²) in [5.74, 6) is -1.03. The van der Waals surface area contributed by atoms with Crippen LogP contribution in [0.15, 0.2) is 0 Å². The number of hydrogen-bond acceptors (Lipinski definition) is 3. The molecule has 0 aromatic rings. The van der Waals surface area contributed by atoms with Crippen LogP contribution in [0.4, 0.5) is 13.2 Å².